The highest BCUT2D eigenvalue weighted by Gasteiger charge is 2.21. The molecule has 0 fully saturated rings. The summed E-state index contributed by atoms with van der Waals surface area (Å²) < 4.78 is 34.0. The van der Waals surface area contributed by atoms with Gasteiger partial charge in [-0.1, -0.05) is 185 Å². The van der Waals surface area contributed by atoms with Gasteiger partial charge in [-0.2, -0.15) is 0 Å². The third-order valence-electron chi connectivity index (χ3n) is 11.1. The Morgan fingerprint density at radius 2 is 0.871 bits per heavy atom. The van der Waals surface area contributed by atoms with Crippen molar-refractivity contribution in [3.8, 4) is 0 Å². The van der Waals surface area contributed by atoms with Gasteiger partial charge in [0.2, 0.25) is 0 Å². The van der Waals surface area contributed by atoms with Crippen LogP contribution in [0.2, 0.25) is 0 Å². The van der Waals surface area contributed by atoms with Crippen LogP contribution in [0.5, 0.6) is 0 Å². The maximum atomic E-state index is 12.7. The largest absolute Gasteiger partial charge is 0.756 e. The molecule has 0 spiro atoms. The first-order valence-electron chi connectivity index (χ1n) is 25.7. The second-order valence-corrected chi connectivity index (χ2v) is 19.9. The average molecular weight is 896 g/mol. The maximum absolute atomic E-state index is 12.7. The van der Waals surface area contributed by atoms with Crippen LogP contribution in [0.3, 0.4) is 0 Å². The highest BCUT2D eigenvalue weighted by molar-refractivity contribution is 7.45. The van der Waals surface area contributed by atoms with Crippen molar-refractivity contribution in [2.45, 2.75) is 238 Å². The lowest BCUT2D eigenvalue weighted by molar-refractivity contribution is -0.870. The number of unbranched alkanes of at least 4 members (excludes halogenated alkanes) is 27. The molecule has 0 N–H and O–H groups in total. The minimum absolute atomic E-state index is 0.0322. The number of hydrogen-bond donors (Lipinski definition) is 0. The number of allylic oxidation sites excluding steroid dienone is 6. The lowest BCUT2D eigenvalue weighted by Crippen LogP contribution is -2.37. The van der Waals surface area contributed by atoms with E-state index >= 15 is 0 Å². The van der Waals surface area contributed by atoms with Crippen LogP contribution in [-0.2, 0) is 32.7 Å². The molecule has 0 aromatic rings. The first-order chi connectivity index (χ1) is 30.0. The van der Waals surface area contributed by atoms with Crippen LogP contribution in [0.1, 0.15) is 232 Å². The van der Waals surface area contributed by atoms with Gasteiger partial charge in [-0.05, 0) is 70.6 Å². The third-order valence-corrected chi connectivity index (χ3v) is 12.1. The molecule has 0 bridgehead atoms. The van der Waals surface area contributed by atoms with Crippen LogP contribution >= 0.6 is 7.82 Å². The number of phosphoric acid groups is 1. The fraction of sp³-hybridized carbons (Fsp3) is 0.846. The van der Waals surface area contributed by atoms with Gasteiger partial charge in [0.15, 0.2) is 6.10 Å². The summed E-state index contributed by atoms with van der Waals surface area (Å²) >= 11 is 0. The molecule has 62 heavy (non-hydrogen) atoms. The van der Waals surface area contributed by atoms with Crippen molar-refractivity contribution >= 4 is 19.8 Å². The Balaban J connectivity index is 4.24. The topological polar surface area (TPSA) is 111 Å². The monoisotopic (exact) mass is 896 g/mol. The van der Waals surface area contributed by atoms with E-state index in [0.717, 1.165) is 51.4 Å². The molecule has 0 radical (unpaired) electrons. The van der Waals surface area contributed by atoms with Crippen molar-refractivity contribution in [1.82, 2.24) is 0 Å². The van der Waals surface area contributed by atoms with E-state index in [9.17, 15) is 19.0 Å². The quantitative estimate of drug-likeness (QED) is 0.0195. The van der Waals surface area contributed by atoms with E-state index in [0.29, 0.717) is 17.4 Å². The number of rotatable bonds is 47. The van der Waals surface area contributed by atoms with Gasteiger partial charge in [0.05, 0.1) is 27.7 Å². The summed E-state index contributed by atoms with van der Waals surface area (Å²) in [6, 6.07) is 0. The number of carbonyl (C=O) groups excluding carboxylic acids is 2. The van der Waals surface area contributed by atoms with Gasteiger partial charge in [-0.3, -0.25) is 14.2 Å². The first-order valence-corrected chi connectivity index (χ1v) is 27.2. The average Bonchev–Trinajstić information content (AvgIpc) is 3.23. The van der Waals surface area contributed by atoms with Gasteiger partial charge in [-0.25, -0.2) is 0 Å². The van der Waals surface area contributed by atoms with Crippen LogP contribution < -0.4 is 4.89 Å². The molecular formula is C52H98NO8P. The van der Waals surface area contributed by atoms with Gasteiger partial charge in [-0.15, -0.1) is 0 Å². The zero-order chi connectivity index (χ0) is 45.7. The number of ether oxygens (including phenoxy) is 2. The summed E-state index contributed by atoms with van der Waals surface area (Å²) in [5.74, 6) is -0.837. The molecule has 2 atom stereocenters. The van der Waals surface area contributed by atoms with Crippen molar-refractivity contribution in [2.75, 3.05) is 47.5 Å². The van der Waals surface area contributed by atoms with Gasteiger partial charge in [0, 0.05) is 12.8 Å². The zero-order valence-corrected chi connectivity index (χ0v) is 42.0. The van der Waals surface area contributed by atoms with E-state index in [-0.39, 0.29) is 32.0 Å². The molecule has 0 amide bonds. The van der Waals surface area contributed by atoms with Gasteiger partial charge in [0.25, 0.3) is 7.82 Å². The SMILES string of the molecule is CCCCC/C=C\C/C=C\CCCCCCCCCC(=O)O[C@H](COC(=O)CCCCCCCCCCCCC/C=C\CCCCCCCC)COP(=O)([O-])OCC[N+](C)(C)C. The summed E-state index contributed by atoms with van der Waals surface area (Å²) in [5.41, 5.74) is 0. The van der Waals surface area contributed by atoms with E-state index in [1.807, 2.05) is 21.1 Å². The summed E-state index contributed by atoms with van der Waals surface area (Å²) in [7, 11) is 1.16. The van der Waals surface area contributed by atoms with Crippen molar-refractivity contribution in [3.63, 3.8) is 0 Å². The van der Waals surface area contributed by atoms with E-state index in [1.54, 1.807) is 0 Å². The molecule has 1 unspecified atom stereocenters. The highest BCUT2D eigenvalue weighted by Crippen LogP contribution is 2.38. The Hall–Kier alpha value is -1.77. The lowest BCUT2D eigenvalue weighted by atomic mass is 10.0. The maximum Gasteiger partial charge on any atom is 0.306 e. The summed E-state index contributed by atoms with van der Waals surface area (Å²) in [6.45, 7) is 4.22. The molecule has 0 heterocycles. The zero-order valence-electron chi connectivity index (χ0n) is 41.1. The van der Waals surface area contributed by atoms with E-state index in [4.69, 9.17) is 18.5 Å². The first kappa shape index (κ1) is 60.2. The normalized spacial score (nSPS) is 13.7. The lowest BCUT2D eigenvalue weighted by Gasteiger charge is -2.28. The van der Waals surface area contributed by atoms with Crippen LogP contribution in [0.15, 0.2) is 36.5 Å². The van der Waals surface area contributed by atoms with Crippen LogP contribution in [0, 0.1) is 0 Å². The van der Waals surface area contributed by atoms with E-state index in [1.165, 1.54) is 148 Å². The molecule has 0 aliphatic heterocycles. The molecule has 0 aromatic heterocycles. The van der Waals surface area contributed by atoms with Crippen LogP contribution in [0.4, 0.5) is 0 Å². The van der Waals surface area contributed by atoms with E-state index in [2.05, 4.69) is 50.3 Å². The fourth-order valence-electron chi connectivity index (χ4n) is 7.09. The summed E-state index contributed by atoms with van der Waals surface area (Å²) in [5, 5.41) is 0. The van der Waals surface area contributed by atoms with Crippen LogP contribution in [-0.4, -0.2) is 70.0 Å². The Morgan fingerprint density at radius 3 is 1.32 bits per heavy atom. The third kappa shape index (κ3) is 47.7. The Kier molecular flexibility index (Phi) is 43.2. The molecule has 364 valence electrons. The number of hydrogen-bond acceptors (Lipinski definition) is 8. The predicted octanol–water partition coefficient (Wildman–Crippen LogP) is 14.6. The summed E-state index contributed by atoms with van der Waals surface area (Å²) in [6.07, 6.45) is 51.7. The number of esters is 2. The molecule has 0 aromatic carbocycles. The number of likely N-dealkylation sites (N-methyl/N-ethyl adjacent to an activating group) is 1. The second kappa shape index (κ2) is 44.4. The molecule has 0 saturated carbocycles. The number of quaternary nitrogens is 1. The van der Waals surface area contributed by atoms with Gasteiger partial charge >= 0.3 is 11.9 Å². The second-order valence-electron chi connectivity index (χ2n) is 18.5. The minimum atomic E-state index is -4.63. The van der Waals surface area contributed by atoms with Gasteiger partial charge < -0.3 is 27.9 Å². The Morgan fingerprint density at radius 1 is 0.500 bits per heavy atom. The summed E-state index contributed by atoms with van der Waals surface area (Å²) in [4.78, 5) is 37.7. The standard InChI is InChI=1S/C52H98NO8P/c1-6-8-10-12-14-16-18-20-22-24-25-26-27-29-30-32-34-36-38-40-42-44-51(54)58-48-50(49-60-62(56,57)59-47-46-53(3,4)5)61-52(55)45-43-41-39-37-35-33-31-28-23-21-19-17-15-13-11-9-7-2/h15,17,20-23,50H,6-14,16,18-19,24-49H2,1-5H3/b17-15-,22-20-,23-21-/t50-/m1/s1. The Bertz CT molecular complexity index is 1150. The molecule has 0 rings (SSSR count). The fourth-order valence-corrected chi connectivity index (χ4v) is 7.82. The number of carbonyl (C=O) groups is 2. The number of phosphoric ester groups is 1. The molecule has 0 saturated heterocycles. The minimum Gasteiger partial charge on any atom is -0.756 e. The Labute approximate surface area is 382 Å². The molecule has 10 heteroatoms. The van der Waals surface area contributed by atoms with Crippen molar-refractivity contribution < 1.29 is 42.1 Å². The van der Waals surface area contributed by atoms with Crippen LogP contribution in [0.25, 0.3) is 0 Å². The van der Waals surface area contributed by atoms with Crippen molar-refractivity contribution in [1.29, 1.82) is 0 Å². The van der Waals surface area contributed by atoms with Gasteiger partial charge in [0.1, 0.15) is 19.8 Å². The highest BCUT2D eigenvalue weighted by atomic mass is 31.2. The number of nitrogens with zero attached hydrogens (tertiary/aromatic N) is 1. The molecular weight excluding hydrogens is 798 g/mol. The molecule has 9 nitrogen and oxygen atoms in total. The van der Waals surface area contributed by atoms with Crippen molar-refractivity contribution in [3.05, 3.63) is 36.5 Å². The smallest absolute Gasteiger partial charge is 0.306 e. The van der Waals surface area contributed by atoms with E-state index < -0.39 is 26.5 Å². The van der Waals surface area contributed by atoms with Crippen molar-refractivity contribution in [2.24, 2.45) is 0 Å². The molecule has 0 aliphatic rings. The predicted molar refractivity (Wildman–Crippen MR) is 259 cm³/mol. The molecule has 0 aliphatic carbocycles.